The highest BCUT2D eigenvalue weighted by Crippen LogP contribution is 2.10. The van der Waals surface area contributed by atoms with Gasteiger partial charge in [0.25, 0.3) is 5.91 Å². The van der Waals surface area contributed by atoms with E-state index >= 15 is 0 Å². The molecular weight excluding hydrogens is 510 g/mol. The predicted octanol–water partition coefficient (Wildman–Crippen LogP) is 3.62. The molecule has 0 aliphatic carbocycles. The molecule has 0 aromatic heterocycles. The summed E-state index contributed by atoms with van der Waals surface area (Å²) in [6.07, 6.45) is -1.33. The molecule has 0 aliphatic heterocycles. The lowest BCUT2D eigenvalue weighted by Crippen LogP contribution is -2.53. The van der Waals surface area contributed by atoms with Crippen molar-refractivity contribution in [3.05, 3.63) is 108 Å². The molecule has 3 N–H and O–H groups in total. The molecule has 3 amide bonds. The maximum absolute atomic E-state index is 13.3. The Bertz CT molecular complexity index is 1190. The van der Waals surface area contributed by atoms with Crippen LogP contribution in [0.4, 0.5) is 4.79 Å². The third-order valence-electron chi connectivity index (χ3n) is 5.91. The number of nitrogens with zero attached hydrogens (tertiary/aromatic N) is 1. The van der Waals surface area contributed by atoms with Gasteiger partial charge in [-0.2, -0.15) is 0 Å². The van der Waals surface area contributed by atoms with Gasteiger partial charge in [-0.3, -0.25) is 9.63 Å². The molecule has 0 fully saturated rings. The first kappa shape index (κ1) is 30.3. The van der Waals surface area contributed by atoms with E-state index in [0.29, 0.717) is 0 Å². The molecule has 0 radical (unpaired) electrons. The number of hydrogen-bond acceptors (Lipinski definition) is 6. The molecule has 40 heavy (non-hydrogen) atoms. The van der Waals surface area contributed by atoms with Crippen LogP contribution >= 0.6 is 0 Å². The molecule has 212 valence electrons. The van der Waals surface area contributed by atoms with E-state index in [4.69, 9.17) is 9.57 Å². The molecule has 9 nitrogen and oxygen atoms in total. The zero-order valence-electron chi connectivity index (χ0n) is 22.9. The van der Waals surface area contributed by atoms with Crippen molar-refractivity contribution in [3.8, 4) is 0 Å². The summed E-state index contributed by atoms with van der Waals surface area (Å²) in [4.78, 5) is 45.4. The number of ether oxygens (including phenoxy) is 1. The smallest absolute Gasteiger partial charge is 0.329 e. The van der Waals surface area contributed by atoms with Gasteiger partial charge in [0.2, 0.25) is 0 Å². The fraction of sp³-hybridized carbons (Fsp3) is 0.323. The minimum atomic E-state index is -1.54. The number of amides is 3. The van der Waals surface area contributed by atoms with Crippen LogP contribution in [0.5, 0.6) is 0 Å². The van der Waals surface area contributed by atoms with Gasteiger partial charge in [0.1, 0.15) is 12.6 Å². The molecule has 0 bridgehead atoms. The third kappa shape index (κ3) is 10.5. The summed E-state index contributed by atoms with van der Waals surface area (Å²) >= 11 is 0. The number of carbonyl (C=O) groups is 3. The number of rotatable bonds is 14. The highest BCUT2D eigenvalue weighted by atomic mass is 16.7. The van der Waals surface area contributed by atoms with E-state index in [1.807, 2.05) is 105 Å². The predicted molar refractivity (Wildman–Crippen MR) is 150 cm³/mol. The number of carbonyl (C=O) groups excluding carboxylic acids is 3. The molecule has 2 atom stereocenters. The van der Waals surface area contributed by atoms with Crippen LogP contribution < -0.4 is 10.8 Å². The fourth-order valence-electron chi connectivity index (χ4n) is 3.92. The highest BCUT2D eigenvalue weighted by molar-refractivity contribution is 5.85. The second-order valence-electron chi connectivity index (χ2n) is 9.84. The highest BCUT2D eigenvalue weighted by Gasteiger charge is 2.28. The van der Waals surface area contributed by atoms with Gasteiger partial charge in [-0.25, -0.2) is 15.1 Å². The minimum Gasteiger partial charge on any atom is -0.459 e. The Morgan fingerprint density at radius 3 is 1.85 bits per heavy atom. The molecule has 3 aromatic carbocycles. The Labute approximate surface area is 235 Å². The van der Waals surface area contributed by atoms with Crippen LogP contribution in [0.1, 0.15) is 30.5 Å². The van der Waals surface area contributed by atoms with Crippen molar-refractivity contribution in [2.24, 2.45) is 5.92 Å². The van der Waals surface area contributed by atoms with Crippen molar-refractivity contribution >= 4 is 17.9 Å². The SMILES string of the molecule is CC(C)CN(C[C@H](O)C(=O)NOCc1ccccc1)C(=O)N[C@@H](Cc1ccccc1)C(=O)OCc1ccccc1. The maximum atomic E-state index is 13.3. The van der Waals surface area contributed by atoms with Gasteiger partial charge >= 0.3 is 12.0 Å². The van der Waals surface area contributed by atoms with E-state index < -0.39 is 30.1 Å². The number of hydrogen-bond donors (Lipinski definition) is 3. The van der Waals surface area contributed by atoms with Gasteiger partial charge in [-0.15, -0.1) is 0 Å². The first-order valence-electron chi connectivity index (χ1n) is 13.3. The molecule has 0 saturated carbocycles. The largest absolute Gasteiger partial charge is 0.459 e. The molecule has 3 rings (SSSR count). The summed E-state index contributed by atoms with van der Waals surface area (Å²) in [7, 11) is 0. The first-order valence-corrected chi connectivity index (χ1v) is 13.3. The van der Waals surface area contributed by atoms with Crippen molar-refractivity contribution < 1.29 is 29.1 Å². The van der Waals surface area contributed by atoms with Crippen molar-refractivity contribution in [2.45, 2.75) is 45.6 Å². The van der Waals surface area contributed by atoms with Crippen LogP contribution in [0, 0.1) is 5.92 Å². The number of urea groups is 1. The van der Waals surface area contributed by atoms with E-state index in [2.05, 4.69) is 10.8 Å². The average Bonchev–Trinajstić information content (AvgIpc) is 2.96. The number of aliphatic hydroxyl groups excluding tert-OH is 1. The van der Waals surface area contributed by atoms with Crippen LogP contribution in [0.15, 0.2) is 91.0 Å². The molecule has 0 spiro atoms. The number of hydroxylamine groups is 1. The Morgan fingerprint density at radius 1 is 0.775 bits per heavy atom. The zero-order valence-corrected chi connectivity index (χ0v) is 22.9. The van der Waals surface area contributed by atoms with Crippen LogP contribution in [0.25, 0.3) is 0 Å². The normalized spacial score (nSPS) is 12.3. The maximum Gasteiger partial charge on any atom is 0.329 e. The second-order valence-corrected chi connectivity index (χ2v) is 9.84. The Hall–Kier alpha value is -4.21. The second kappa shape index (κ2) is 16.0. The summed E-state index contributed by atoms with van der Waals surface area (Å²) in [6, 6.07) is 26.2. The Kier molecular flexibility index (Phi) is 12.2. The number of benzene rings is 3. The summed E-state index contributed by atoms with van der Waals surface area (Å²) in [5.41, 5.74) is 4.75. The van der Waals surface area contributed by atoms with Gasteiger partial charge < -0.3 is 20.1 Å². The lowest BCUT2D eigenvalue weighted by Gasteiger charge is -2.28. The van der Waals surface area contributed by atoms with Crippen LogP contribution in [0.3, 0.4) is 0 Å². The number of aliphatic hydroxyl groups is 1. The monoisotopic (exact) mass is 547 g/mol. The molecule has 9 heteroatoms. The van der Waals surface area contributed by atoms with Crippen molar-refractivity contribution in [1.82, 2.24) is 15.7 Å². The van der Waals surface area contributed by atoms with Crippen LogP contribution in [-0.4, -0.2) is 53.1 Å². The summed E-state index contributed by atoms with van der Waals surface area (Å²) < 4.78 is 5.52. The van der Waals surface area contributed by atoms with E-state index in [-0.39, 0.29) is 38.6 Å². The van der Waals surface area contributed by atoms with E-state index in [1.54, 1.807) is 0 Å². The lowest BCUT2D eigenvalue weighted by molar-refractivity contribution is -0.147. The molecule has 0 unspecified atom stereocenters. The van der Waals surface area contributed by atoms with Gasteiger partial charge in [0.15, 0.2) is 6.10 Å². The van der Waals surface area contributed by atoms with Gasteiger partial charge in [-0.1, -0.05) is 105 Å². The van der Waals surface area contributed by atoms with Crippen LogP contribution in [-0.2, 0) is 38.8 Å². The quantitative estimate of drug-likeness (QED) is 0.210. The van der Waals surface area contributed by atoms with Crippen molar-refractivity contribution in [2.75, 3.05) is 13.1 Å². The summed E-state index contributed by atoms with van der Waals surface area (Å²) in [5, 5.41) is 13.3. The van der Waals surface area contributed by atoms with E-state index in [9.17, 15) is 19.5 Å². The van der Waals surface area contributed by atoms with Crippen LogP contribution in [0.2, 0.25) is 0 Å². The van der Waals surface area contributed by atoms with Crippen molar-refractivity contribution in [3.63, 3.8) is 0 Å². The average molecular weight is 548 g/mol. The summed E-state index contributed by atoms with van der Waals surface area (Å²) in [5.74, 6) is -1.33. The zero-order chi connectivity index (χ0) is 28.7. The number of nitrogens with one attached hydrogen (secondary N) is 2. The van der Waals surface area contributed by atoms with Gasteiger partial charge in [0.05, 0.1) is 13.2 Å². The van der Waals surface area contributed by atoms with Crippen molar-refractivity contribution in [1.29, 1.82) is 0 Å². The third-order valence-corrected chi connectivity index (χ3v) is 5.91. The number of esters is 1. The first-order chi connectivity index (χ1) is 19.3. The summed E-state index contributed by atoms with van der Waals surface area (Å²) in [6.45, 7) is 3.97. The van der Waals surface area contributed by atoms with E-state index in [0.717, 1.165) is 16.7 Å². The van der Waals surface area contributed by atoms with Gasteiger partial charge in [-0.05, 0) is 22.6 Å². The Morgan fingerprint density at radius 2 is 1.30 bits per heavy atom. The molecule has 0 heterocycles. The molecular formula is C31H37N3O6. The van der Waals surface area contributed by atoms with Gasteiger partial charge in [0, 0.05) is 13.0 Å². The fourth-order valence-corrected chi connectivity index (χ4v) is 3.92. The van der Waals surface area contributed by atoms with E-state index in [1.165, 1.54) is 4.90 Å². The molecule has 3 aromatic rings. The standard InChI is InChI=1S/C31H37N3O6/c1-23(2)19-34(20-28(35)29(36)33-40-22-26-16-10-5-11-17-26)31(38)32-27(18-24-12-6-3-7-13-24)30(37)39-21-25-14-8-4-9-15-25/h3-17,23,27-28,35H,18-22H2,1-2H3,(H,32,38)(H,33,36)/t27-,28-/m0/s1. The lowest BCUT2D eigenvalue weighted by atomic mass is 10.1. The molecule has 0 saturated heterocycles. The topological polar surface area (TPSA) is 117 Å². The Balaban J connectivity index is 1.63. The molecule has 0 aliphatic rings. The minimum absolute atomic E-state index is 0.0351.